The number of hydrogen-bond donors (Lipinski definition) is 1. The molecule has 3 aromatic heterocycles. The number of hydroxylamine groups is 1. The zero-order valence-corrected chi connectivity index (χ0v) is 16.2. The predicted octanol–water partition coefficient (Wildman–Crippen LogP) is 2.35. The largest absolute Gasteiger partial charge is 0.475 e. The predicted molar refractivity (Wildman–Crippen MR) is 104 cm³/mol. The number of anilines is 1. The van der Waals surface area contributed by atoms with Crippen LogP contribution in [0.1, 0.15) is 41.2 Å². The fraction of sp³-hybridized carbons (Fsp3) is 0.350. The van der Waals surface area contributed by atoms with E-state index in [1.165, 1.54) is 10.6 Å². The minimum absolute atomic E-state index is 0.0281. The Morgan fingerprint density at radius 3 is 3.06 bits per heavy atom. The average Bonchev–Trinajstić information content (AvgIpc) is 3.20. The van der Waals surface area contributed by atoms with Crippen LogP contribution in [0, 0.1) is 12.4 Å². The number of nitrogens with one attached hydrogen (secondary N) is 1. The van der Waals surface area contributed by atoms with Gasteiger partial charge < -0.3 is 14.9 Å². The van der Waals surface area contributed by atoms with Crippen molar-refractivity contribution in [2.75, 3.05) is 18.3 Å². The van der Waals surface area contributed by atoms with Crippen molar-refractivity contribution in [2.24, 2.45) is 0 Å². The molecular formula is C20H16FN7O3. The molecule has 2 bridgehead atoms. The summed E-state index contributed by atoms with van der Waals surface area (Å²) in [6.45, 7) is 8.03. The summed E-state index contributed by atoms with van der Waals surface area (Å²) in [5, 5.41) is 8.74. The fourth-order valence-electron chi connectivity index (χ4n) is 4.06. The van der Waals surface area contributed by atoms with Crippen LogP contribution in [0.2, 0.25) is 0 Å². The summed E-state index contributed by atoms with van der Waals surface area (Å²) in [6.07, 6.45) is 4.75. The van der Waals surface area contributed by atoms with Crippen LogP contribution >= 0.6 is 0 Å². The zero-order valence-electron chi connectivity index (χ0n) is 16.2. The highest BCUT2D eigenvalue weighted by Crippen LogP contribution is 2.41. The molecule has 3 aliphatic rings. The molecule has 31 heavy (non-hydrogen) atoms. The summed E-state index contributed by atoms with van der Waals surface area (Å²) in [6, 6.07) is 2.69. The van der Waals surface area contributed by atoms with E-state index in [0.717, 1.165) is 19.0 Å². The maximum Gasteiger partial charge on any atom is 0.310 e. The van der Waals surface area contributed by atoms with Crippen LogP contribution in [0.3, 0.4) is 0 Å². The van der Waals surface area contributed by atoms with Gasteiger partial charge in [-0.3, -0.25) is 9.63 Å². The lowest BCUT2D eigenvalue weighted by Crippen LogP contribution is -2.41. The standard InChI is InChI=1S/C20H16FN7O3/c1-22-16-15-17-24-14(2-6-27(17)26-16)28-13(3-7-31-28)12-8-11(21)9-23-19(12)30-10-20(4-5-20)25-18(15)29/h2,6,8-9,13H,3-5,7,10H2,(H,25,29)/t13-/m1/s1. The number of fused-ring (bicyclic) bond motifs is 5. The Kier molecular flexibility index (Phi) is 3.70. The van der Waals surface area contributed by atoms with E-state index >= 15 is 0 Å². The van der Waals surface area contributed by atoms with Crippen molar-refractivity contribution in [1.82, 2.24) is 24.9 Å². The van der Waals surface area contributed by atoms with Crippen molar-refractivity contribution >= 4 is 23.2 Å². The third-order valence-electron chi connectivity index (χ3n) is 5.84. The number of pyridine rings is 1. The first kappa shape index (κ1) is 18.0. The summed E-state index contributed by atoms with van der Waals surface area (Å²) in [5.41, 5.74) is 0.343. The van der Waals surface area contributed by atoms with E-state index in [4.69, 9.17) is 16.1 Å². The van der Waals surface area contributed by atoms with Gasteiger partial charge in [-0.15, -0.1) is 4.52 Å². The van der Waals surface area contributed by atoms with Crippen LogP contribution in [0.5, 0.6) is 5.88 Å². The molecule has 1 saturated carbocycles. The molecule has 1 amide bonds. The van der Waals surface area contributed by atoms with Crippen molar-refractivity contribution in [3.05, 3.63) is 52.9 Å². The number of rotatable bonds is 0. The molecule has 1 saturated heterocycles. The highest BCUT2D eigenvalue weighted by atomic mass is 19.1. The Bertz CT molecular complexity index is 1280. The van der Waals surface area contributed by atoms with E-state index < -0.39 is 17.3 Å². The summed E-state index contributed by atoms with van der Waals surface area (Å²) in [5.74, 6) is -0.225. The lowest BCUT2D eigenvalue weighted by atomic mass is 10.1. The number of amides is 1. The Labute approximate surface area is 175 Å². The fourth-order valence-corrected chi connectivity index (χ4v) is 4.06. The van der Waals surface area contributed by atoms with E-state index in [9.17, 15) is 9.18 Å². The van der Waals surface area contributed by atoms with Gasteiger partial charge in [0.2, 0.25) is 11.8 Å². The number of ether oxygens (including phenoxy) is 1. The Hall–Kier alpha value is -3.78. The molecule has 1 atom stereocenters. The number of aromatic nitrogens is 4. The van der Waals surface area contributed by atoms with Crippen LogP contribution in [0.4, 0.5) is 16.0 Å². The van der Waals surface area contributed by atoms with Crippen LogP contribution in [-0.2, 0) is 4.84 Å². The second-order valence-electron chi connectivity index (χ2n) is 7.90. The van der Waals surface area contributed by atoms with Gasteiger partial charge in [0.05, 0.1) is 30.6 Å². The molecule has 1 aliphatic carbocycles. The smallest absolute Gasteiger partial charge is 0.310 e. The number of nitrogens with zero attached hydrogens (tertiary/aromatic N) is 6. The minimum atomic E-state index is -0.574. The second-order valence-corrected chi connectivity index (χ2v) is 7.90. The molecule has 3 aromatic rings. The Balaban J connectivity index is 1.57. The molecule has 5 heterocycles. The number of halogens is 1. The van der Waals surface area contributed by atoms with Crippen LogP contribution in [0.15, 0.2) is 24.5 Å². The molecule has 0 aromatic carbocycles. The van der Waals surface area contributed by atoms with Gasteiger partial charge in [0, 0.05) is 18.1 Å². The molecule has 1 N–H and O–H groups in total. The molecular weight excluding hydrogens is 405 g/mol. The summed E-state index contributed by atoms with van der Waals surface area (Å²) >= 11 is 0. The third kappa shape index (κ3) is 2.79. The minimum Gasteiger partial charge on any atom is -0.475 e. The Morgan fingerprint density at radius 2 is 2.26 bits per heavy atom. The van der Waals surface area contributed by atoms with Gasteiger partial charge in [-0.05, 0) is 24.0 Å². The molecule has 2 aliphatic heterocycles. The molecule has 1 spiro atoms. The second kappa shape index (κ2) is 6.36. The monoisotopic (exact) mass is 421 g/mol. The maximum absolute atomic E-state index is 14.1. The number of carbonyl (C=O) groups is 1. The number of carbonyl (C=O) groups excluding carboxylic acids is 1. The van der Waals surface area contributed by atoms with Crippen molar-refractivity contribution in [2.45, 2.75) is 30.8 Å². The molecule has 2 fully saturated rings. The third-order valence-corrected chi connectivity index (χ3v) is 5.84. The first-order valence-corrected chi connectivity index (χ1v) is 9.87. The van der Waals surface area contributed by atoms with E-state index in [-0.39, 0.29) is 29.7 Å². The van der Waals surface area contributed by atoms with Gasteiger partial charge in [-0.2, -0.15) is 0 Å². The molecule has 11 heteroatoms. The maximum atomic E-state index is 14.1. The molecule has 0 radical (unpaired) electrons. The van der Waals surface area contributed by atoms with Gasteiger partial charge in [-0.1, -0.05) is 6.57 Å². The lowest BCUT2D eigenvalue weighted by molar-refractivity contribution is 0.0914. The van der Waals surface area contributed by atoms with Gasteiger partial charge in [0.15, 0.2) is 11.5 Å². The summed E-state index contributed by atoms with van der Waals surface area (Å²) in [7, 11) is 0. The van der Waals surface area contributed by atoms with Crippen LogP contribution in [-0.4, -0.2) is 44.2 Å². The zero-order chi connectivity index (χ0) is 21.2. The molecule has 0 unspecified atom stereocenters. The van der Waals surface area contributed by atoms with Gasteiger partial charge >= 0.3 is 5.82 Å². The van der Waals surface area contributed by atoms with Crippen molar-refractivity contribution in [3.63, 3.8) is 0 Å². The van der Waals surface area contributed by atoms with Crippen LogP contribution < -0.4 is 15.1 Å². The van der Waals surface area contributed by atoms with Crippen molar-refractivity contribution < 1.29 is 18.8 Å². The quantitative estimate of drug-likeness (QED) is 0.557. The van der Waals surface area contributed by atoms with E-state index in [2.05, 4.69) is 25.2 Å². The van der Waals surface area contributed by atoms with Gasteiger partial charge in [0.1, 0.15) is 18.0 Å². The van der Waals surface area contributed by atoms with Crippen molar-refractivity contribution in [3.8, 4) is 5.88 Å². The average molecular weight is 421 g/mol. The summed E-state index contributed by atoms with van der Waals surface area (Å²) < 4.78 is 21.5. The topological polar surface area (TPSA) is 98.2 Å². The molecule has 6 rings (SSSR count). The number of hydrogen-bond acceptors (Lipinski definition) is 7. The van der Waals surface area contributed by atoms with E-state index in [0.29, 0.717) is 30.3 Å². The van der Waals surface area contributed by atoms with Gasteiger partial charge in [0.25, 0.3) is 0 Å². The van der Waals surface area contributed by atoms with Crippen LogP contribution in [0.25, 0.3) is 10.5 Å². The summed E-state index contributed by atoms with van der Waals surface area (Å²) in [4.78, 5) is 31.1. The van der Waals surface area contributed by atoms with Crippen molar-refractivity contribution in [1.29, 1.82) is 0 Å². The molecule has 156 valence electrons. The first-order chi connectivity index (χ1) is 15.1. The Morgan fingerprint density at radius 1 is 1.39 bits per heavy atom. The highest BCUT2D eigenvalue weighted by molar-refractivity contribution is 6.05. The lowest BCUT2D eigenvalue weighted by Gasteiger charge is -2.25. The van der Waals surface area contributed by atoms with Gasteiger partial charge in [-0.25, -0.2) is 19.4 Å². The highest BCUT2D eigenvalue weighted by Gasteiger charge is 2.46. The SMILES string of the molecule is [C-]#[N+]c1nn2ccc3nc2c1C(=O)NC1(CC1)COc1ncc(F)cc1[C@H]1CCON31. The van der Waals surface area contributed by atoms with E-state index in [1.54, 1.807) is 17.3 Å². The molecule has 10 nitrogen and oxygen atoms in total. The first-order valence-electron chi connectivity index (χ1n) is 9.87. The normalized spacial score (nSPS) is 21.4. The van der Waals surface area contributed by atoms with E-state index in [1.807, 2.05) is 0 Å².